The molecule has 0 bridgehead atoms. The van der Waals surface area contributed by atoms with E-state index in [-0.39, 0.29) is 23.3 Å². The quantitative estimate of drug-likeness (QED) is 0.552. The molecular formula is C22H25F2N5O3. The van der Waals surface area contributed by atoms with Gasteiger partial charge in [-0.15, -0.1) is 0 Å². The van der Waals surface area contributed by atoms with E-state index in [1.165, 1.54) is 12.4 Å². The Kier molecular flexibility index (Phi) is 6.48. The highest BCUT2D eigenvalue weighted by Crippen LogP contribution is 2.29. The first-order valence-corrected chi connectivity index (χ1v) is 10.6. The lowest BCUT2D eigenvalue weighted by Crippen LogP contribution is -2.45. The fourth-order valence-corrected chi connectivity index (χ4v) is 3.93. The summed E-state index contributed by atoms with van der Waals surface area (Å²) in [6, 6.07) is 8.47. The van der Waals surface area contributed by atoms with Crippen LogP contribution in [0.25, 0.3) is 5.78 Å². The lowest BCUT2D eigenvalue weighted by atomic mass is 9.93. The Hall–Kier alpha value is -3.30. The van der Waals surface area contributed by atoms with Gasteiger partial charge in [-0.1, -0.05) is 0 Å². The molecule has 0 saturated carbocycles. The zero-order valence-electron chi connectivity index (χ0n) is 17.9. The Morgan fingerprint density at radius 2 is 2.00 bits per heavy atom. The number of nitrogens with zero attached hydrogens (tertiary/aromatic N) is 5. The summed E-state index contributed by atoms with van der Waals surface area (Å²) >= 11 is 0. The van der Waals surface area contributed by atoms with Gasteiger partial charge >= 0.3 is 0 Å². The summed E-state index contributed by atoms with van der Waals surface area (Å²) in [5.74, 6) is 1.13. The van der Waals surface area contributed by atoms with Crippen LogP contribution in [0, 0.1) is 0 Å². The van der Waals surface area contributed by atoms with Gasteiger partial charge in [0.1, 0.15) is 23.5 Å². The number of amides is 1. The Morgan fingerprint density at radius 1 is 1.25 bits per heavy atom. The largest absolute Gasteiger partial charge is 0.494 e. The molecule has 8 nitrogen and oxygen atoms in total. The second-order valence-corrected chi connectivity index (χ2v) is 7.67. The van der Waals surface area contributed by atoms with E-state index >= 15 is 0 Å². The number of halogens is 2. The number of likely N-dealkylation sites (tertiary alicyclic amines) is 1. The van der Waals surface area contributed by atoms with Crippen LogP contribution in [-0.4, -0.2) is 56.2 Å². The summed E-state index contributed by atoms with van der Waals surface area (Å²) in [5.41, 5.74) is 0.247. The number of fused-ring (bicyclic) bond motifs is 1. The molecule has 0 spiro atoms. The zero-order valence-corrected chi connectivity index (χ0v) is 17.9. The second kappa shape index (κ2) is 9.46. The molecule has 3 aromatic rings. The van der Waals surface area contributed by atoms with Crippen molar-refractivity contribution in [3.63, 3.8) is 0 Å². The molecule has 32 heavy (non-hydrogen) atoms. The first-order chi connectivity index (χ1) is 15.5. The normalized spacial score (nSPS) is 17.5. The highest BCUT2D eigenvalue weighted by molar-refractivity contribution is 5.81. The predicted octanol–water partition coefficient (Wildman–Crippen LogP) is 3.63. The van der Waals surface area contributed by atoms with E-state index in [2.05, 4.69) is 15.1 Å². The Balaban J connectivity index is 1.45. The van der Waals surface area contributed by atoms with E-state index in [0.29, 0.717) is 31.1 Å². The van der Waals surface area contributed by atoms with Crippen LogP contribution in [0.15, 0.2) is 36.7 Å². The number of alkyl halides is 2. The predicted molar refractivity (Wildman–Crippen MR) is 112 cm³/mol. The van der Waals surface area contributed by atoms with E-state index in [1.54, 1.807) is 36.1 Å². The van der Waals surface area contributed by atoms with Gasteiger partial charge in [0.25, 0.3) is 18.1 Å². The van der Waals surface area contributed by atoms with Gasteiger partial charge in [0, 0.05) is 19.0 Å². The fraction of sp³-hybridized carbons (Fsp3) is 0.455. The van der Waals surface area contributed by atoms with Crippen LogP contribution in [0.2, 0.25) is 0 Å². The molecule has 1 aromatic carbocycles. The molecular weight excluding hydrogens is 420 g/mol. The van der Waals surface area contributed by atoms with Crippen LogP contribution < -0.4 is 9.47 Å². The van der Waals surface area contributed by atoms with Crippen LogP contribution in [0.3, 0.4) is 0 Å². The van der Waals surface area contributed by atoms with E-state index in [4.69, 9.17) is 9.47 Å². The van der Waals surface area contributed by atoms with Crippen LogP contribution in [0.5, 0.6) is 11.5 Å². The highest BCUT2D eigenvalue weighted by atomic mass is 19.3. The molecule has 4 rings (SSSR count). The number of carbonyl (C=O) groups excluding carboxylic acids is 1. The summed E-state index contributed by atoms with van der Waals surface area (Å²) in [7, 11) is 0. The van der Waals surface area contributed by atoms with Crippen molar-refractivity contribution in [2.45, 2.75) is 45.1 Å². The average Bonchev–Trinajstić information content (AvgIpc) is 3.28. The summed E-state index contributed by atoms with van der Waals surface area (Å²) in [6.45, 7) is 5.16. The summed E-state index contributed by atoms with van der Waals surface area (Å²) < 4.78 is 39.3. The molecule has 1 aliphatic heterocycles. The Bertz CT molecular complexity index is 1070. The van der Waals surface area contributed by atoms with Crippen molar-refractivity contribution in [1.82, 2.24) is 24.5 Å². The first kappa shape index (κ1) is 21.9. The van der Waals surface area contributed by atoms with Gasteiger partial charge in [-0.2, -0.15) is 14.6 Å². The molecule has 1 fully saturated rings. The number of aromatic nitrogens is 4. The number of carbonyl (C=O) groups is 1. The third-order valence-corrected chi connectivity index (χ3v) is 5.47. The van der Waals surface area contributed by atoms with E-state index in [1.807, 2.05) is 6.92 Å². The van der Waals surface area contributed by atoms with Gasteiger partial charge in [0.15, 0.2) is 6.10 Å². The number of hydrogen-bond acceptors (Lipinski definition) is 6. The van der Waals surface area contributed by atoms with Crippen molar-refractivity contribution in [1.29, 1.82) is 0 Å². The van der Waals surface area contributed by atoms with Gasteiger partial charge in [-0.25, -0.2) is 13.8 Å². The topological polar surface area (TPSA) is 81.9 Å². The number of piperidine rings is 1. The van der Waals surface area contributed by atoms with E-state index in [9.17, 15) is 13.6 Å². The molecule has 0 radical (unpaired) electrons. The summed E-state index contributed by atoms with van der Waals surface area (Å²) in [4.78, 5) is 23.1. The minimum Gasteiger partial charge on any atom is -0.494 e. The second-order valence-electron chi connectivity index (χ2n) is 7.67. The number of hydrogen-bond donors (Lipinski definition) is 0. The Morgan fingerprint density at radius 3 is 2.72 bits per heavy atom. The van der Waals surface area contributed by atoms with Crippen molar-refractivity contribution in [3.8, 4) is 11.5 Å². The maximum absolute atomic E-state index is 13.5. The minimum atomic E-state index is -2.70. The van der Waals surface area contributed by atoms with Crippen LogP contribution >= 0.6 is 0 Å². The van der Waals surface area contributed by atoms with Gasteiger partial charge < -0.3 is 14.4 Å². The molecule has 1 amide bonds. The molecule has 0 N–H and O–H groups in total. The maximum Gasteiger partial charge on any atom is 0.280 e. The molecule has 2 aromatic heterocycles. The van der Waals surface area contributed by atoms with Crippen molar-refractivity contribution in [2.24, 2.45) is 0 Å². The van der Waals surface area contributed by atoms with Gasteiger partial charge in [-0.3, -0.25) is 4.79 Å². The molecule has 3 heterocycles. The van der Waals surface area contributed by atoms with Crippen molar-refractivity contribution < 1.29 is 23.0 Å². The van der Waals surface area contributed by atoms with Crippen molar-refractivity contribution in [2.75, 3.05) is 19.7 Å². The smallest absolute Gasteiger partial charge is 0.280 e. The SMILES string of the molecule is CCOc1ccc(O[C@H](C)C(=O)N2CCC[C@@H](c3cc(C(F)F)n4ncnc4n3)C2)cc1. The number of ether oxygens (including phenoxy) is 2. The Labute approximate surface area is 184 Å². The third kappa shape index (κ3) is 4.63. The number of rotatable bonds is 7. The van der Waals surface area contributed by atoms with Crippen molar-refractivity contribution >= 4 is 11.7 Å². The standard InChI is InChI=1S/C22H25F2N5O3/c1-3-31-16-6-8-17(9-7-16)32-14(2)21(30)28-10-4-5-15(12-28)18-11-19(20(23)24)29-22(27-18)25-13-26-29/h6-9,11,13-15,20H,3-5,10,12H2,1-2H3/t14-,15-/m1/s1. The lowest BCUT2D eigenvalue weighted by Gasteiger charge is -2.34. The molecule has 0 unspecified atom stereocenters. The average molecular weight is 445 g/mol. The fourth-order valence-electron chi connectivity index (χ4n) is 3.93. The van der Waals surface area contributed by atoms with E-state index in [0.717, 1.165) is 23.1 Å². The lowest BCUT2D eigenvalue weighted by molar-refractivity contribution is -0.139. The van der Waals surface area contributed by atoms with Crippen LogP contribution in [0.1, 0.15) is 50.4 Å². The van der Waals surface area contributed by atoms with Crippen LogP contribution in [-0.2, 0) is 4.79 Å². The third-order valence-electron chi connectivity index (χ3n) is 5.47. The monoisotopic (exact) mass is 445 g/mol. The van der Waals surface area contributed by atoms with Gasteiger partial charge in [-0.05, 0) is 57.0 Å². The van der Waals surface area contributed by atoms with Gasteiger partial charge in [0.05, 0.1) is 12.3 Å². The van der Waals surface area contributed by atoms with Crippen LogP contribution in [0.4, 0.5) is 8.78 Å². The highest BCUT2D eigenvalue weighted by Gasteiger charge is 2.30. The molecule has 10 heteroatoms. The minimum absolute atomic E-state index is 0.133. The zero-order chi connectivity index (χ0) is 22.7. The molecule has 170 valence electrons. The number of benzene rings is 1. The molecule has 1 saturated heterocycles. The van der Waals surface area contributed by atoms with Gasteiger partial charge in [0.2, 0.25) is 0 Å². The molecule has 2 atom stereocenters. The van der Waals surface area contributed by atoms with Crippen molar-refractivity contribution in [3.05, 3.63) is 48.0 Å². The summed E-state index contributed by atoms with van der Waals surface area (Å²) in [6.07, 6.45) is -0.692. The summed E-state index contributed by atoms with van der Waals surface area (Å²) in [5, 5.41) is 3.82. The first-order valence-electron chi connectivity index (χ1n) is 10.6. The molecule has 0 aliphatic carbocycles. The van der Waals surface area contributed by atoms with E-state index < -0.39 is 12.5 Å². The molecule has 1 aliphatic rings. The maximum atomic E-state index is 13.5.